The van der Waals surface area contributed by atoms with Gasteiger partial charge in [0.25, 0.3) is 0 Å². The van der Waals surface area contributed by atoms with Crippen LogP contribution >= 0.6 is 0 Å². The summed E-state index contributed by atoms with van der Waals surface area (Å²) in [5, 5.41) is 8.03. The Labute approximate surface area is 136 Å². The number of nitrogens with zero attached hydrogens (tertiary/aromatic N) is 3. The Morgan fingerprint density at radius 2 is 2.17 bits per heavy atom. The second kappa shape index (κ2) is 7.57. The Bertz CT molecular complexity index is 672. The summed E-state index contributed by atoms with van der Waals surface area (Å²) in [5.74, 6) is 1.12. The van der Waals surface area contributed by atoms with Crippen LogP contribution in [0.2, 0.25) is 0 Å². The lowest BCUT2D eigenvalue weighted by Crippen LogP contribution is -2.31. The molecule has 0 aliphatic carbocycles. The van der Waals surface area contributed by atoms with Gasteiger partial charge in [-0.3, -0.25) is 0 Å². The zero-order chi connectivity index (χ0) is 16.1. The molecule has 1 aromatic heterocycles. The molecule has 1 aromatic carbocycles. The van der Waals surface area contributed by atoms with Gasteiger partial charge in [-0.1, -0.05) is 18.2 Å². The molecule has 0 radical (unpaired) electrons. The number of para-hydroxylation sites is 1. The van der Waals surface area contributed by atoms with E-state index in [0.29, 0.717) is 19.8 Å². The molecule has 23 heavy (non-hydrogen) atoms. The van der Waals surface area contributed by atoms with E-state index >= 15 is 0 Å². The monoisotopic (exact) mass is 316 g/mol. The number of hydrogen-bond acceptors (Lipinski definition) is 4. The van der Waals surface area contributed by atoms with Gasteiger partial charge < -0.3 is 10.1 Å². The fourth-order valence-electron chi connectivity index (χ4n) is 3.02. The smallest absolute Gasteiger partial charge is 0.350 e. The molecule has 3 rings (SSSR count). The summed E-state index contributed by atoms with van der Waals surface area (Å²) in [7, 11) is 0. The van der Waals surface area contributed by atoms with Crippen molar-refractivity contribution in [3.63, 3.8) is 0 Å². The van der Waals surface area contributed by atoms with Crippen LogP contribution in [0, 0.1) is 0 Å². The van der Waals surface area contributed by atoms with Crippen molar-refractivity contribution >= 4 is 0 Å². The minimum atomic E-state index is -0.0866. The van der Waals surface area contributed by atoms with Crippen molar-refractivity contribution < 1.29 is 4.74 Å². The Balaban J connectivity index is 1.98. The molecule has 0 unspecified atom stereocenters. The van der Waals surface area contributed by atoms with Gasteiger partial charge in [-0.2, -0.15) is 5.10 Å². The third-order valence-corrected chi connectivity index (χ3v) is 4.19. The second-order valence-corrected chi connectivity index (χ2v) is 5.78. The molecule has 0 amide bonds. The lowest BCUT2D eigenvalue weighted by Gasteiger charge is -2.22. The summed E-state index contributed by atoms with van der Waals surface area (Å²) in [5.41, 5.74) is 0.789. The summed E-state index contributed by atoms with van der Waals surface area (Å²) in [6, 6.07) is 9.76. The maximum Gasteiger partial charge on any atom is 0.350 e. The molecule has 0 saturated carbocycles. The van der Waals surface area contributed by atoms with E-state index in [-0.39, 0.29) is 11.6 Å². The molecule has 2 heterocycles. The Hall–Kier alpha value is -1.92. The van der Waals surface area contributed by atoms with Gasteiger partial charge in [0.2, 0.25) is 0 Å². The van der Waals surface area contributed by atoms with Crippen LogP contribution in [-0.4, -0.2) is 40.7 Å². The number of aromatic nitrogens is 3. The highest BCUT2D eigenvalue weighted by molar-refractivity contribution is 5.33. The number of ether oxygens (including phenoxy) is 1. The van der Waals surface area contributed by atoms with Crippen molar-refractivity contribution in [2.75, 3.05) is 26.3 Å². The highest BCUT2D eigenvalue weighted by Gasteiger charge is 2.24. The quantitative estimate of drug-likeness (QED) is 0.821. The zero-order valence-corrected chi connectivity index (χ0v) is 13.6. The van der Waals surface area contributed by atoms with Gasteiger partial charge in [-0.25, -0.2) is 14.0 Å². The largest absolute Gasteiger partial charge is 0.380 e. The lowest BCUT2D eigenvalue weighted by atomic mass is 9.99. The van der Waals surface area contributed by atoms with Crippen molar-refractivity contribution in [3.8, 4) is 5.69 Å². The molecule has 2 aromatic rings. The summed E-state index contributed by atoms with van der Waals surface area (Å²) in [6.07, 6.45) is 2.17. The Morgan fingerprint density at radius 1 is 1.35 bits per heavy atom. The first kappa shape index (κ1) is 16.0. The van der Waals surface area contributed by atoms with Gasteiger partial charge in [0, 0.05) is 19.1 Å². The van der Waals surface area contributed by atoms with Crippen molar-refractivity contribution in [2.45, 2.75) is 32.2 Å². The van der Waals surface area contributed by atoms with E-state index in [1.807, 2.05) is 37.3 Å². The van der Waals surface area contributed by atoms with Crippen LogP contribution in [0.25, 0.3) is 5.69 Å². The lowest BCUT2D eigenvalue weighted by molar-refractivity contribution is 0.135. The van der Waals surface area contributed by atoms with Crippen LogP contribution in [0.15, 0.2) is 35.1 Å². The normalized spacial score (nSPS) is 18.2. The predicted molar refractivity (Wildman–Crippen MR) is 89.2 cm³/mol. The number of rotatable bonds is 6. The molecular weight excluding hydrogens is 292 g/mol. The van der Waals surface area contributed by atoms with Gasteiger partial charge in [-0.05, 0) is 38.4 Å². The fraction of sp³-hybridized carbons (Fsp3) is 0.529. The van der Waals surface area contributed by atoms with Crippen LogP contribution in [0.3, 0.4) is 0 Å². The standard InChI is InChI=1S/C17H24N4O2/c1-2-23-12-11-20-17(22)21(15-8-4-3-5-9-15)16(19-20)14-7-6-10-18-13-14/h3-5,8-9,14,18H,2,6-7,10-13H2,1H3/t14-/m1/s1. The summed E-state index contributed by atoms with van der Waals surface area (Å²) in [4.78, 5) is 12.8. The third-order valence-electron chi connectivity index (χ3n) is 4.19. The van der Waals surface area contributed by atoms with E-state index in [2.05, 4.69) is 10.4 Å². The van der Waals surface area contributed by atoms with Gasteiger partial charge >= 0.3 is 5.69 Å². The molecule has 0 bridgehead atoms. The molecular formula is C17H24N4O2. The molecule has 124 valence electrons. The van der Waals surface area contributed by atoms with E-state index in [4.69, 9.17) is 4.74 Å². The number of nitrogens with one attached hydrogen (secondary N) is 1. The average Bonchev–Trinajstić information content (AvgIpc) is 2.93. The average molecular weight is 316 g/mol. The molecule has 1 atom stereocenters. The topological polar surface area (TPSA) is 61.1 Å². The molecule has 1 saturated heterocycles. The maximum atomic E-state index is 12.8. The third kappa shape index (κ3) is 3.54. The molecule has 1 aliphatic rings. The van der Waals surface area contributed by atoms with Crippen molar-refractivity contribution in [2.24, 2.45) is 0 Å². The van der Waals surface area contributed by atoms with Gasteiger partial charge in [0.05, 0.1) is 18.8 Å². The highest BCUT2D eigenvalue weighted by atomic mass is 16.5. The van der Waals surface area contributed by atoms with Crippen LogP contribution in [-0.2, 0) is 11.3 Å². The zero-order valence-electron chi connectivity index (χ0n) is 13.6. The number of benzene rings is 1. The maximum absolute atomic E-state index is 12.8. The van der Waals surface area contributed by atoms with Crippen LogP contribution < -0.4 is 11.0 Å². The minimum absolute atomic E-state index is 0.0866. The molecule has 0 spiro atoms. The SMILES string of the molecule is CCOCCn1nc([C@@H]2CCCNC2)n(-c2ccccc2)c1=O. The first-order valence-corrected chi connectivity index (χ1v) is 8.35. The minimum Gasteiger partial charge on any atom is -0.380 e. The highest BCUT2D eigenvalue weighted by Crippen LogP contribution is 2.22. The van der Waals surface area contributed by atoms with Crippen molar-refractivity contribution in [3.05, 3.63) is 46.6 Å². The van der Waals surface area contributed by atoms with E-state index in [0.717, 1.165) is 37.4 Å². The molecule has 1 aliphatic heterocycles. The fourth-order valence-corrected chi connectivity index (χ4v) is 3.02. The van der Waals surface area contributed by atoms with E-state index in [1.165, 1.54) is 4.68 Å². The van der Waals surface area contributed by atoms with Crippen LogP contribution in [0.4, 0.5) is 0 Å². The van der Waals surface area contributed by atoms with E-state index in [1.54, 1.807) is 4.57 Å². The van der Waals surface area contributed by atoms with E-state index in [9.17, 15) is 4.79 Å². The number of piperidine rings is 1. The molecule has 6 heteroatoms. The number of hydrogen-bond donors (Lipinski definition) is 1. The summed E-state index contributed by atoms with van der Waals surface area (Å²) >= 11 is 0. The summed E-state index contributed by atoms with van der Waals surface area (Å²) in [6.45, 7) is 5.49. The molecule has 1 N–H and O–H groups in total. The first-order valence-electron chi connectivity index (χ1n) is 8.35. The van der Waals surface area contributed by atoms with Crippen LogP contribution in [0.1, 0.15) is 31.5 Å². The van der Waals surface area contributed by atoms with Gasteiger partial charge in [0.1, 0.15) is 5.82 Å². The molecule has 6 nitrogen and oxygen atoms in total. The molecule has 1 fully saturated rings. The summed E-state index contributed by atoms with van der Waals surface area (Å²) < 4.78 is 8.66. The Kier molecular flexibility index (Phi) is 5.25. The van der Waals surface area contributed by atoms with Crippen molar-refractivity contribution in [1.82, 2.24) is 19.7 Å². The van der Waals surface area contributed by atoms with Crippen LogP contribution in [0.5, 0.6) is 0 Å². The first-order chi connectivity index (χ1) is 11.3. The predicted octanol–water partition coefficient (Wildman–Crippen LogP) is 1.54. The van der Waals surface area contributed by atoms with Gasteiger partial charge in [0.15, 0.2) is 0 Å². The van der Waals surface area contributed by atoms with Gasteiger partial charge in [-0.15, -0.1) is 0 Å². The second-order valence-electron chi connectivity index (χ2n) is 5.78. The van der Waals surface area contributed by atoms with Crippen molar-refractivity contribution in [1.29, 1.82) is 0 Å². The Morgan fingerprint density at radius 3 is 2.87 bits per heavy atom. The van der Waals surface area contributed by atoms with E-state index < -0.39 is 0 Å².